The summed E-state index contributed by atoms with van der Waals surface area (Å²) in [6, 6.07) is 13.4. The van der Waals surface area contributed by atoms with Gasteiger partial charge in [0.2, 0.25) is 0 Å². The van der Waals surface area contributed by atoms with Crippen molar-refractivity contribution in [1.82, 2.24) is 0 Å². The summed E-state index contributed by atoms with van der Waals surface area (Å²) in [4.78, 5) is 0. The molecular weight excluding hydrogens is 311 g/mol. The maximum Gasteiger partial charge on any atom is 0.189 e. The molecule has 0 bridgehead atoms. The largest absolute Gasteiger partial charge is 0.493 e. The molecule has 0 aliphatic carbocycles. The Morgan fingerprint density at radius 2 is 1.81 bits per heavy atom. The topological polar surface area (TPSA) is 27.7 Å². The van der Waals surface area contributed by atoms with Crippen LogP contribution in [0.2, 0.25) is 5.02 Å². The third-order valence-electron chi connectivity index (χ3n) is 2.84. The minimum atomic E-state index is 0.0885. The summed E-state index contributed by atoms with van der Waals surface area (Å²) in [5.41, 5.74) is 1.95. The fraction of sp³-hybridized carbons (Fsp3) is 0.250. The van der Waals surface area contributed by atoms with Gasteiger partial charge >= 0.3 is 0 Å². The Bertz CT molecular complexity index is 573. The van der Waals surface area contributed by atoms with E-state index in [4.69, 9.17) is 37.4 Å². The molecule has 0 N–H and O–H groups in total. The van der Waals surface area contributed by atoms with Crippen LogP contribution < -0.4 is 9.47 Å². The predicted octanol–water partition coefficient (Wildman–Crippen LogP) is 4.64. The summed E-state index contributed by atoms with van der Waals surface area (Å²) in [7, 11) is 1.56. The Morgan fingerprint density at radius 1 is 1.05 bits per heavy atom. The second kappa shape index (κ2) is 8.13. The summed E-state index contributed by atoms with van der Waals surface area (Å²) in [5.74, 6) is 1.36. The smallest absolute Gasteiger partial charge is 0.189 e. The van der Waals surface area contributed by atoms with Gasteiger partial charge < -0.3 is 14.2 Å². The number of benzene rings is 2. The van der Waals surface area contributed by atoms with Crippen molar-refractivity contribution in [3.8, 4) is 11.5 Å². The zero-order chi connectivity index (χ0) is 15.1. The van der Waals surface area contributed by atoms with E-state index in [0.29, 0.717) is 29.0 Å². The van der Waals surface area contributed by atoms with Crippen LogP contribution in [-0.2, 0) is 17.2 Å². The fourth-order valence-electron chi connectivity index (χ4n) is 1.82. The maximum atomic E-state index is 6.17. The Morgan fingerprint density at radius 3 is 2.48 bits per heavy atom. The molecule has 0 aliphatic heterocycles. The van der Waals surface area contributed by atoms with Crippen molar-refractivity contribution >= 4 is 23.2 Å². The highest BCUT2D eigenvalue weighted by molar-refractivity contribution is 6.32. The zero-order valence-electron chi connectivity index (χ0n) is 11.6. The van der Waals surface area contributed by atoms with E-state index in [-0.39, 0.29) is 6.79 Å². The summed E-state index contributed by atoms with van der Waals surface area (Å²) >= 11 is 12.0. The molecule has 2 aromatic rings. The molecule has 0 amide bonds. The summed E-state index contributed by atoms with van der Waals surface area (Å²) in [6.45, 7) is 0.561. The molecule has 0 radical (unpaired) electrons. The molecule has 0 aliphatic rings. The van der Waals surface area contributed by atoms with Crippen LogP contribution in [0.25, 0.3) is 0 Å². The van der Waals surface area contributed by atoms with Crippen LogP contribution in [0.4, 0.5) is 0 Å². The van der Waals surface area contributed by atoms with Crippen molar-refractivity contribution in [2.45, 2.75) is 12.5 Å². The summed E-state index contributed by atoms with van der Waals surface area (Å²) in [6.07, 6.45) is 0. The normalized spacial score (nSPS) is 10.4. The van der Waals surface area contributed by atoms with Gasteiger partial charge in [0.1, 0.15) is 0 Å². The number of hydrogen-bond acceptors (Lipinski definition) is 3. The number of alkyl halides is 1. The van der Waals surface area contributed by atoms with Gasteiger partial charge in [-0.25, -0.2) is 0 Å². The molecule has 0 saturated carbocycles. The molecule has 21 heavy (non-hydrogen) atoms. The Hall–Kier alpha value is -1.42. The first kappa shape index (κ1) is 16.0. The molecule has 0 heterocycles. The SMILES string of the molecule is COc1cc(CCl)cc(Cl)c1OCOCc1ccccc1. The third-order valence-corrected chi connectivity index (χ3v) is 3.43. The molecular formula is C16H16Cl2O3. The van der Waals surface area contributed by atoms with E-state index in [1.807, 2.05) is 30.3 Å². The van der Waals surface area contributed by atoms with Gasteiger partial charge in [-0.05, 0) is 23.3 Å². The first-order chi connectivity index (χ1) is 10.2. The Kier molecular flexibility index (Phi) is 6.18. The first-order valence-electron chi connectivity index (χ1n) is 6.41. The monoisotopic (exact) mass is 326 g/mol. The average molecular weight is 327 g/mol. The van der Waals surface area contributed by atoms with Crippen molar-refractivity contribution in [3.05, 3.63) is 58.6 Å². The standard InChI is InChI=1S/C16H16Cl2O3/c1-19-15-8-13(9-17)7-14(18)16(15)21-11-20-10-12-5-3-2-4-6-12/h2-8H,9-11H2,1H3. The van der Waals surface area contributed by atoms with Crippen molar-refractivity contribution in [1.29, 1.82) is 0 Å². The highest BCUT2D eigenvalue weighted by Gasteiger charge is 2.11. The molecule has 2 rings (SSSR count). The quantitative estimate of drug-likeness (QED) is 0.421. The van der Waals surface area contributed by atoms with E-state index in [9.17, 15) is 0 Å². The van der Waals surface area contributed by atoms with E-state index >= 15 is 0 Å². The third kappa shape index (κ3) is 4.53. The lowest BCUT2D eigenvalue weighted by Crippen LogP contribution is -2.05. The maximum absolute atomic E-state index is 6.17. The molecule has 0 aromatic heterocycles. The van der Waals surface area contributed by atoms with Gasteiger partial charge in [0.25, 0.3) is 0 Å². The van der Waals surface area contributed by atoms with Crippen molar-refractivity contribution in [2.24, 2.45) is 0 Å². The van der Waals surface area contributed by atoms with Crippen LogP contribution >= 0.6 is 23.2 Å². The van der Waals surface area contributed by atoms with Crippen LogP contribution in [0.15, 0.2) is 42.5 Å². The molecule has 0 unspecified atom stereocenters. The number of rotatable bonds is 7. The number of methoxy groups -OCH3 is 1. The first-order valence-corrected chi connectivity index (χ1v) is 7.32. The van der Waals surface area contributed by atoms with Crippen LogP contribution in [0.1, 0.15) is 11.1 Å². The average Bonchev–Trinajstić information content (AvgIpc) is 2.53. The molecule has 0 spiro atoms. The molecule has 0 atom stereocenters. The Labute approximate surface area is 134 Å². The van der Waals surface area contributed by atoms with Crippen LogP contribution in [0, 0.1) is 0 Å². The molecule has 5 heteroatoms. The highest BCUT2D eigenvalue weighted by atomic mass is 35.5. The van der Waals surface area contributed by atoms with Gasteiger partial charge in [0.15, 0.2) is 18.3 Å². The molecule has 3 nitrogen and oxygen atoms in total. The summed E-state index contributed by atoms with van der Waals surface area (Å²) in [5, 5.41) is 0.452. The lowest BCUT2D eigenvalue weighted by Gasteiger charge is -2.13. The van der Waals surface area contributed by atoms with Gasteiger partial charge in [-0.3, -0.25) is 0 Å². The van der Waals surface area contributed by atoms with Gasteiger partial charge in [0.05, 0.1) is 18.7 Å². The zero-order valence-corrected chi connectivity index (χ0v) is 13.2. The molecule has 0 saturated heterocycles. The van der Waals surface area contributed by atoms with Crippen molar-refractivity contribution in [3.63, 3.8) is 0 Å². The van der Waals surface area contributed by atoms with E-state index in [0.717, 1.165) is 11.1 Å². The van der Waals surface area contributed by atoms with Gasteiger partial charge in [-0.15, -0.1) is 11.6 Å². The minimum Gasteiger partial charge on any atom is -0.493 e. The molecule has 112 valence electrons. The van der Waals surface area contributed by atoms with Crippen LogP contribution in [0.5, 0.6) is 11.5 Å². The van der Waals surface area contributed by atoms with Crippen molar-refractivity contribution in [2.75, 3.05) is 13.9 Å². The number of halogens is 2. The van der Waals surface area contributed by atoms with E-state index < -0.39 is 0 Å². The van der Waals surface area contributed by atoms with Gasteiger partial charge in [-0.1, -0.05) is 41.9 Å². The lowest BCUT2D eigenvalue weighted by molar-refractivity contribution is 0.00380. The molecule has 2 aromatic carbocycles. The van der Waals surface area contributed by atoms with E-state index in [1.54, 1.807) is 19.2 Å². The highest BCUT2D eigenvalue weighted by Crippen LogP contribution is 2.36. The van der Waals surface area contributed by atoms with Crippen LogP contribution in [-0.4, -0.2) is 13.9 Å². The second-order valence-electron chi connectivity index (χ2n) is 4.34. The van der Waals surface area contributed by atoms with E-state index in [1.165, 1.54) is 0 Å². The van der Waals surface area contributed by atoms with Gasteiger partial charge in [0, 0.05) is 5.88 Å². The predicted molar refractivity (Wildman–Crippen MR) is 84.3 cm³/mol. The van der Waals surface area contributed by atoms with Crippen LogP contribution in [0.3, 0.4) is 0 Å². The molecule has 0 fully saturated rings. The number of ether oxygens (including phenoxy) is 3. The van der Waals surface area contributed by atoms with Crippen molar-refractivity contribution < 1.29 is 14.2 Å². The van der Waals surface area contributed by atoms with Gasteiger partial charge in [-0.2, -0.15) is 0 Å². The fourth-order valence-corrected chi connectivity index (χ4v) is 2.27. The minimum absolute atomic E-state index is 0.0885. The lowest BCUT2D eigenvalue weighted by atomic mass is 10.2. The van der Waals surface area contributed by atoms with E-state index in [2.05, 4.69) is 0 Å². The second-order valence-corrected chi connectivity index (χ2v) is 5.01. The number of hydrogen-bond donors (Lipinski definition) is 0. The summed E-state index contributed by atoms with van der Waals surface area (Å²) < 4.78 is 16.3. The Balaban J connectivity index is 1.93.